The van der Waals surface area contributed by atoms with Gasteiger partial charge >= 0.3 is 0 Å². The fourth-order valence-corrected chi connectivity index (χ4v) is 3.36. The van der Waals surface area contributed by atoms with Gasteiger partial charge in [-0.05, 0) is 25.1 Å². The third-order valence-electron chi connectivity index (χ3n) is 5.03. The van der Waals surface area contributed by atoms with Crippen molar-refractivity contribution < 1.29 is 9.59 Å². The zero-order valence-corrected chi connectivity index (χ0v) is 17.2. The van der Waals surface area contributed by atoms with Gasteiger partial charge < -0.3 is 15.1 Å². The molecule has 1 saturated heterocycles. The number of anilines is 2. The molecule has 7 nitrogen and oxygen atoms in total. The molecule has 0 saturated carbocycles. The first-order valence-electron chi connectivity index (χ1n) is 9.85. The van der Waals surface area contributed by atoms with Crippen molar-refractivity contribution in [3.05, 3.63) is 54.5 Å². The second kappa shape index (κ2) is 8.90. The molecule has 0 spiro atoms. The van der Waals surface area contributed by atoms with E-state index in [1.807, 2.05) is 46.0 Å². The lowest BCUT2D eigenvalue weighted by Crippen LogP contribution is -2.53. The number of piperazine rings is 1. The third kappa shape index (κ3) is 4.82. The van der Waals surface area contributed by atoms with Gasteiger partial charge in [0.05, 0.1) is 0 Å². The van der Waals surface area contributed by atoms with Crippen molar-refractivity contribution in [2.24, 2.45) is 0 Å². The first-order valence-corrected chi connectivity index (χ1v) is 9.85. The minimum absolute atomic E-state index is 0.0633. The van der Waals surface area contributed by atoms with Gasteiger partial charge in [0.2, 0.25) is 5.91 Å². The van der Waals surface area contributed by atoms with Crippen molar-refractivity contribution in [3.8, 4) is 0 Å². The molecule has 0 bridgehead atoms. The number of carbonyl (C=O) groups is 2. The quantitative estimate of drug-likeness (QED) is 0.602. The average molecular weight is 391 g/mol. The van der Waals surface area contributed by atoms with Crippen molar-refractivity contribution in [2.75, 3.05) is 29.9 Å². The van der Waals surface area contributed by atoms with Crippen LogP contribution in [0.2, 0.25) is 0 Å². The van der Waals surface area contributed by atoms with Crippen LogP contribution >= 0.6 is 0 Å². The van der Waals surface area contributed by atoms with Crippen molar-refractivity contribution in [1.29, 1.82) is 0 Å². The van der Waals surface area contributed by atoms with E-state index in [-0.39, 0.29) is 17.9 Å². The largest absolute Gasteiger partial charge is 0.350 e. The number of benzene rings is 1. The van der Waals surface area contributed by atoms with E-state index in [1.165, 1.54) is 6.08 Å². The molecule has 1 unspecified atom stereocenters. The Morgan fingerprint density at radius 2 is 2.00 bits per heavy atom. The standard InChI is InChI=1S/C21H26BN5O2/c1-4-18-24-17(21(29)23-16-8-6-15(22)7-9-16)12-19(25-18)27-11-10-26(13-14(27)3)20(28)5-2/h5-9,12,14H,2,4,10-11,13,22H2,1,3H3,(H,23,29). The van der Waals surface area contributed by atoms with Crippen LogP contribution in [-0.2, 0) is 11.2 Å². The Morgan fingerprint density at radius 3 is 2.62 bits per heavy atom. The molecule has 1 fully saturated rings. The predicted molar refractivity (Wildman–Crippen MR) is 118 cm³/mol. The van der Waals surface area contributed by atoms with E-state index >= 15 is 0 Å². The summed E-state index contributed by atoms with van der Waals surface area (Å²) in [5, 5.41) is 2.90. The minimum Gasteiger partial charge on any atom is -0.350 e. The van der Waals surface area contributed by atoms with Crippen LogP contribution in [0, 0.1) is 0 Å². The van der Waals surface area contributed by atoms with Gasteiger partial charge in [0.25, 0.3) is 5.91 Å². The monoisotopic (exact) mass is 391 g/mol. The predicted octanol–water partition coefficient (Wildman–Crippen LogP) is 0.773. The molecular formula is C21H26BN5O2. The second-order valence-corrected chi connectivity index (χ2v) is 7.23. The summed E-state index contributed by atoms with van der Waals surface area (Å²) in [5.41, 5.74) is 2.19. The number of hydrogen-bond donors (Lipinski definition) is 1. The zero-order valence-electron chi connectivity index (χ0n) is 17.2. The SMILES string of the molecule is Bc1ccc(NC(=O)c2cc(N3CCN(C(=O)C=C)CC3C)nc(CC)n2)cc1. The molecule has 1 aliphatic heterocycles. The van der Waals surface area contributed by atoms with E-state index in [0.29, 0.717) is 43.4 Å². The highest BCUT2D eigenvalue weighted by Gasteiger charge is 2.27. The minimum atomic E-state index is -0.264. The van der Waals surface area contributed by atoms with Crippen molar-refractivity contribution in [1.82, 2.24) is 14.9 Å². The molecule has 1 aromatic carbocycles. The van der Waals surface area contributed by atoms with Crippen LogP contribution in [0.25, 0.3) is 0 Å². The summed E-state index contributed by atoms with van der Waals surface area (Å²) < 4.78 is 0. The number of nitrogens with one attached hydrogen (secondary N) is 1. The highest BCUT2D eigenvalue weighted by molar-refractivity contribution is 6.32. The number of hydrogen-bond acceptors (Lipinski definition) is 5. The Bertz CT molecular complexity index is 916. The lowest BCUT2D eigenvalue weighted by Gasteiger charge is -2.40. The van der Waals surface area contributed by atoms with Gasteiger partial charge in [0, 0.05) is 43.9 Å². The van der Waals surface area contributed by atoms with Crippen LogP contribution in [0.15, 0.2) is 43.0 Å². The van der Waals surface area contributed by atoms with Crippen LogP contribution in [0.4, 0.5) is 11.5 Å². The fraction of sp³-hybridized carbons (Fsp3) is 0.333. The Labute approximate surface area is 172 Å². The normalized spacial score (nSPS) is 16.4. The summed E-state index contributed by atoms with van der Waals surface area (Å²) >= 11 is 0. The number of amides is 2. The Balaban J connectivity index is 1.81. The van der Waals surface area contributed by atoms with Crippen LogP contribution < -0.4 is 15.7 Å². The maximum atomic E-state index is 12.8. The van der Waals surface area contributed by atoms with Gasteiger partial charge in [-0.3, -0.25) is 9.59 Å². The molecule has 2 heterocycles. The van der Waals surface area contributed by atoms with E-state index in [1.54, 1.807) is 11.0 Å². The molecule has 29 heavy (non-hydrogen) atoms. The first-order chi connectivity index (χ1) is 13.9. The van der Waals surface area contributed by atoms with E-state index in [2.05, 4.69) is 26.8 Å². The van der Waals surface area contributed by atoms with Crippen LogP contribution in [0.5, 0.6) is 0 Å². The maximum Gasteiger partial charge on any atom is 0.274 e. The number of rotatable bonds is 5. The molecule has 2 aromatic rings. The van der Waals surface area contributed by atoms with Gasteiger partial charge in [0.15, 0.2) is 0 Å². The van der Waals surface area contributed by atoms with E-state index in [9.17, 15) is 9.59 Å². The first kappa shape index (κ1) is 20.6. The van der Waals surface area contributed by atoms with Gasteiger partial charge in [-0.2, -0.15) is 0 Å². The molecule has 1 atom stereocenters. The topological polar surface area (TPSA) is 78.4 Å². The highest BCUT2D eigenvalue weighted by atomic mass is 16.2. The van der Waals surface area contributed by atoms with E-state index < -0.39 is 0 Å². The van der Waals surface area contributed by atoms with Crippen LogP contribution in [-0.4, -0.2) is 60.2 Å². The molecule has 150 valence electrons. The van der Waals surface area contributed by atoms with Gasteiger partial charge in [-0.1, -0.05) is 31.1 Å². The number of nitrogens with zero attached hydrogens (tertiary/aromatic N) is 4. The molecule has 1 aliphatic rings. The summed E-state index contributed by atoms with van der Waals surface area (Å²) in [5.74, 6) is 1.00. The molecular weight excluding hydrogens is 365 g/mol. The van der Waals surface area contributed by atoms with Gasteiger partial charge in [0.1, 0.15) is 25.2 Å². The molecule has 0 radical (unpaired) electrons. The van der Waals surface area contributed by atoms with Crippen molar-refractivity contribution in [3.63, 3.8) is 0 Å². The number of aromatic nitrogens is 2. The Hall–Kier alpha value is -3.16. The van der Waals surface area contributed by atoms with Crippen LogP contribution in [0.3, 0.4) is 0 Å². The summed E-state index contributed by atoms with van der Waals surface area (Å²) in [6.07, 6.45) is 1.97. The number of carbonyl (C=O) groups excluding carboxylic acids is 2. The molecule has 2 amide bonds. The second-order valence-electron chi connectivity index (χ2n) is 7.23. The third-order valence-corrected chi connectivity index (χ3v) is 5.03. The molecule has 1 aromatic heterocycles. The van der Waals surface area contributed by atoms with Crippen molar-refractivity contribution >= 4 is 36.6 Å². The van der Waals surface area contributed by atoms with Gasteiger partial charge in [-0.25, -0.2) is 9.97 Å². The summed E-state index contributed by atoms with van der Waals surface area (Å²) in [7, 11) is 2.00. The molecule has 1 N–H and O–H groups in total. The smallest absolute Gasteiger partial charge is 0.274 e. The average Bonchev–Trinajstić information content (AvgIpc) is 2.74. The summed E-state index contributed by atoms with van der Waals surface area (Å²) in [6.45, 7) is 9.38. The number of aryl methyl sites for hydroxylation is 1. The van der Waals surface area contributed by atoms with E-state index in [0.717, 1.165) is 11.2 Å². The van der Waals surface area contributed by atoms with Crippen LogP contribution in [0.1, 0.15) is 30.2 Å². The Kier molecular flexibility index (Phi) is 6.31. The lowest BCUT2D eigenvalue weighted by atomic mass is 9.96. The van der Waals surface area contributed by atoms with Crippen molar-refractivity contribution in [2.45, 2.75) is 26.3 Å². The molecule has 3 rings (SSSR count). The Morgan fingerprint density at radius 1 is 1.28 bits per heavy atom. The van der Waals surface area contributed by atoms with E-state index in [4.69, 9.17) is 0 Å². The lowest BCUT2D eigenvalue weighted by molar-refractivity contribution is -0.126. The van der Waals surface area contributed by atoms with Gasteiger partial charge in [-0.15, -0.1) is 0 Å². The fourth-order valence-electron chi connectivity index (χ4n) is 3.36. The maximum absolute atomic E-state index is 12.8. The zero-order chi connectivity index (χ0) is 21.0. The summed E-state index contributed by atoms with van der Waals surface area (Å²) in [6, 6.07) is 9.43. The molecule has 8 heteroatoms. The molecule has 0 aliphatic carbocycles. The summed E-state index contributed by atoms with van der Waals surface area (Å²) in [4.78, 5) is 37.6. The highest BCUT2D eigenvalue weighted by Crippen LogP contribution is 2.21.